The zero-order chi connectivity index (χ0) is 11.4. The van der Waals surface area contributed by atoms with Crippen molar-refractivity contribution in [2.75, 3.05) is 26.7 Å². The number of aliphatic hydroxyl groups excluding tert-OH is 1. The fourth-order valence-corrected chi connectivity index (χ4v) is 1.99. The quantitative estimate of drug-likeness (QED) is 0.671. The Bertz CT molecular complexity index is 243. The van der Waals surface area contributed by atoms with Crippen molar-refractivity contribution in [1.29, 1.82) is 0 Å². The Labute approximate surface area is 91.2 Å². The third-order valence-corrected chi connectivity index (χ3v) is 3.00. The zero-order valence-electron chi connectivity index (χ0n) is 9.52. The molecule has 0 aromatic rings. The molecular weight excluding hydrogens is 192 g/mol. The minimum Gasteiger partial charge on any atom is -0.396 e. The Balaban J connectivity index is 2.75. The highest BCUT2D eigenvalue weighted by Gasteiger charge is 2.35. The summed E-state index contributed by atoms with van der Waals surface area (Å²) in [6, 6.07) is 0.0431. The number of hydrogen-bond acceptors (Lipinski definition) is 3. The standard InChI is InChI=1S/C11H20N2O2/c1-4-6-13-8-9(2)12(3)11(15)10(13)5-7-14/h4,9-10,14H,1,5-8H2,2-3H3. The van der Waals surface area contributed by atoms with E-state index in [2.05, 4.69) is 11.5 Å². The summed E-state index contributed by atoms with van der Waals surface area (Å²) in [5, 5.41) is 8.95. The van der Waals surface area contributed by atoms with E-state index in [1.165, 1.54) is 0 Å². The van der Waals surface area contributed by atoms with E-state index in [-0.39, 0.29) is 24.6 Å². The number of carbonyl (C=O) groups excluding carboxylic acids is 1. The average Bonchev–Trinajstić information content (AvgIpc) is 2.21. The Hall–Kier alpha value is -0.870. The predicted octanol–water partition coefficient (Wildman–Crippen LogP) is 0.0859. The van der Waals surface area contributed by atoms with E-state index in [4.69, 9.17) is 5.11 Å². The second kappa shape index (κ2) is 5.28. The van der Waals surface area contributed by atoms with Gasteiger partial charge in [0, 0.05) is 32.8 Å². The highest BCUT2D eigenvalue weighted by molar-refractivity contribution is 5.82. The third kappa shape index (κ3) is 2.58. The van der Waals surface area contributed by atoms with Gasteiger partial charge < -0.3 is 10.0 Å². The number of rotatable bonds is 4. The lowest BCUT2D eigenvalue weighted by molar-refractivity contribution is -0.143. The van der Waals surface area contributed by atoms with Gasteiger partial charge in [-0.15, -0.1) is 6.58 Å². The van der Waals surface area contributed by atoms with Crippen molar-refractivity contribution in [3.8, 4) is 0 Å². The van der Waals surface area contributed by atoms with Crippen LogP contribution >= 0.6 is 0 Å². The first kappa shape index (κ1) is 12.2. The summed E-state index contributed by atoms with van der Waals surface area (Å²) in [6.45, 7) is 7.32. The van der Waals surface area contributed by atoms with Crippen LogP contribution in [0.25, 0.3) is 0 Å². The fraction of sp³-hybridized carbons (Fsp3) is 0.727. The number of carbonyl (C=O) groups is 1. The molecule has 4 nitrogen and oxygen atoms in total. The molecule has 2 atom stereocenters. The van der Waals surface area contributed by atoms with Gasteiger partial charge in [-0.05, 0) is 13.3 Å². The van der Waals surface area contributed by atoms with Gasteiger partial charge in [0.2, 0.25) is 5.91 Å². The first-order chi connectivity index (χ1) is 7.11. The number of likely N-dealkylation sites (N-methyl/N-ethyl adjacent to an activating group) is 1. The van der Waals surface area contributed by atoms with Crippen molar-refractivity contribution in [3.05, 3.63) is 12.7 Å². The molecule has 0 aliphatic carbocycles. The first-order valence-corrected chi connectivity index (χ1v) is 5.34. The summed E-state index contributed by atoms with van der Waals surface area (Å²) in [6.07, 6.45) is 2.30. The van der Waals surface area contributed by atoms with Gasteiger partial charge in [-0.3, -0.25) is 9.69 Å². The molecule has 1 rings (SSSR count). The van der Waals surface area contributed by atoms with Crippen LogP contribution in [0.1, 0.15) is 13.3 Å². The summed E-state index contributed by atoms with van der Waals surface area (Å²) in [5.74, 6) is 0.102. The molecule has 0 aromatic heterocycles. The largest absolute Gasteiger partial charge is 0.396 e. The lowest BCUT2D eigenvalue weighted by Gasteiger charge is -2.42. The van der Waals surface area contributed by atoms with E-state index in [1.807, 2.05) is 14.0 Å². The predicted molar refractivity (Wildman–Crippen MR) is 59.5 cm³/mol. The van der Waals surface area contributed by atoms with E-state index in [0.29, 0.717) is 13.0 Å². The molecule has 1 heterocycles. The van der Waals surface area contributed by atoms with Crippen LogP contribution in [0, 0.1) is 0 Å². The number of nitrogens with zero attached hydrogens (tertiary/aromatic N) is 2. The van der Waals surface area contributed by atoms with Gasteiger partial charge in [0.1, 0.15) is 0 Å². The summed E-state index contributed by atoms with van der Waals surface area (Å²) in [5.41, 5.74) is 0. The topological polar surface area (TPSA) is 43.8 Å². The van der Waals surface area contributed by atoms with Crippen LogP contribution < -0.4 is 0 Å². The Morgan fingerprint density at radius 2 is 2.33 bits per heavy atom. The van der Waals surface area contributed by atoms with Crippen molar-refractivity contribution in [2.24, 2.45) is 0 Å². The molecule has 2 unspecified atom stereocenters. The highest BCUT2D eigenvalue weighted by atomic mass is 16.3. The fourth-order valence-electron chi connectivity index (χ4n) is 1.99. The normalized spacial score (nSPS) is 28.2. The van der Waals surface area contributed by atoms with Crippen LogP contribution in [0.5, 0.6) is 0 Å². The van der Waals surface area contributed by atoms with Gasteiger partial charge in [0.05, 0.1) is 6.04 Å². The summed E-state index contributed by atoms with van der Waals surface area (Å²) in [7, 11) is 1.82. The molecule has 4 heteroatoms. The lowest BCUT2D eigenvalue weighted by Crippen LogP contribution is -2.59. The molecule has 0 spiro atoms. The highest BCUT2D eigenvalue weighted by Crippen LogP contribution is 2.17. The molecule has 1 aliphatic rings. The molecule has 15 heavy (non-hydrogen) atoms. The van der Waals surface area contributed by atoms with Crippen LogP contribution in [-0.4, -0.2) is 59.6 Å². The average molecular weight is 212 g/mol. The SMILES string of the molecule is C=CCN1CC(C)N(C)C(=O)C1CCO. The lowest BCUT2D eigenvalue weighted by atomic mass is 10.0. The molecule has 0 radical (unpaired) electrons. The molecule has 1 aliphatic heterocycles. The van der Waals surface area contributed by atoms with Crippen molar-refractivity contribution in [3.63, 3.8) is 0 Å². The van der Waals surface area contributed by atoms with Crippen molar-refractivity contribution in [1.82, 2.24) is 9.80 Å². The van der Waals surface area contributed by atoms with Gasteiger partial charge in [0.15, 0.2) is 0 Å². The van der Waals surface area contributed by atoms with E-state index < -0.39 is 0 Å². The smallest absolute Gasteiger partial charge is 0.240 e. The van der Waals surface area contributed by atoms with E-state index in [9.17, 15) is 4.79 Å². The van der Waals surface area contributed by atoms with Gasteiger partial charge >= 0.3 is 0 Å². The minimum absolute atomic E-state index is 0.0479. The maximum absolute atomic E-state index is 11.9. The van der Waals surface area contributed by atoms with E-state index in [0.717, 1.165) is 6.54 Å². The number of amides is 1. The summed E-state index contributed by atoms with van der Waals surface area (Å²) < 4.78 is 0. The molecule has 1 N–H and O–H groups in total. The Morgan fingerprint density at radius 1 is 1.67 bits per heavy atom. The number of aliphatic hydroxyl groups is 1. The molecule has 0 bridgehead atoms. The molecule has 86 valence electrons. The van der Waals surface area contributed by atoms with Crippen LogP contribution in [0.3, 0.4) is 0 Å². The molecular formula is C11H20N2O2. The van der Waals surface area contributed by atoms with E-state index >= 15 is 0 Å². The van der Waals surface area contributed by atoms with Gasteiger partial charge in [-0.25, -0.2) is 0 Å². The number of hydrogen-bond donors (Lipinski definition) is 1. The van der Waals surface area contributed by atoms with Crippen LogP contribution in [0.4, 0.5) is 0 Å². The van der Waals surface area contributed by atoms with Crippen LogP contribution in [-0.2, 0) is 4.79 Å². The second-order valence-corrected chi connectivity index (χ2v) is 4.07. The molecule has 0 saturated carbocycles. The molecule has 0 aromatic carbocycles. The minimum atomic E-state index is -0.186. The molecule has 1 amide bonds. The van der Waals surface area contributed by atoms with Gasteiger partial charge in [-0.1, -0.05) is 6.08 Å². The Kier molecular flexibility index (Phi) is 4.29. The maximum Gasteiger partial charge on any atom is 0.240 e. The zero-order valence-corrected chi connectivity index (χ0v) is 9.52. The monoisotopic (exact) mass is 212 g/mol. The van der Waals surface area contributed by atoms with E-state index in [1.54, 1.807) is 11.0 Å². The number of piperazine rings is 1. The van der Waals surface area contributed by atoms with Crippen LogP contribution in [0.15, 0.2) is 12.7 Å². The second-order valence-electron chi connectivity index (χ2n) is 4.07. The summed E-state index contributed by atoms with van der Waals surface area (Å²) >= 11 is 0. The molecule has 1 saturated heterocycles. The molecule has 1 fully saturated rings. The van der Waals surface area contributed by atoms with Crippen molar-refractivity contribution in [2.45, 2.75) is 25.4 Å². The third-order valence-electron chi connectivity index (χ3n) is 3.00. The van der Waals surface area contributed by atoms with Crippen LogP contribution in [0.2, 0.25) is 0 Å². The van der Waals surface area contributed by atoms with Gasteiger partial charge in [0.25, 0.3) is 0 Å². The first-order valence-electron chi connectivity index (χ1n) is 5.34. The Morgan fingerprint density at radius 3 is 2.87 bits per heavy atom. The summed E-state index contributed by atoms with van der Waals surface area (Å²) in [4.78, 5) is 15.8. The maximum atomic E-state index is 11.9. The van der Waals surface area contributed by atoms with Crippen molar-refractivity contribution >= 4 is 5.91 Å². The van der Waals surface area contributed by atoms with Crippen molar-refractivity contribution < 1.29 is 9.90 Å². The van der Waals surface area contributed by atoms with Gasteiger partial charge in [-0.2, -0.15) is 0 Å².